The summed E-state index contributed by atoms with van der Waals surface area (Å²) in [6.45, 7) is 0.410. The first-order valence-electron chi connectivity index (χ1n) is 7.70. The molecular formula is C17H18N2O3S. The number of carbonyl (C=O) groups is 1. The third-order valence-corrected chi connectivity index (χ3v) is 6.60. The molecule has 1 saturated heterocycles. The van der Waals surface area contributed by atoms with E-state index in [-0.39, 0.29) is 23.5 Å². The predicted octanol–water partition coefficient (Wildman–Crippen LogP) is 1.88. The molecule has 1 atom stereocenters. The third-order valence-electron chi connectivity index (χ3n) is 4.85. The van der Waals surface area contributed by atoms with Crippen LogP contribution in [0.3, 0.4) is 0 Å². The Morgan fingerprint density at radius 3 is 2.65 bits per heavy atom. The number of rotatable bonds is 3. The second-order valence-corrected chi connectivity index (χ2v) is 8.60. The van der Waals surface area contributed by atoms with Gasteiger partial charge in [-0.15, -0.1) is 0 Å². The quantitative estimate of drug-likeness (QED) is 0.862. The SMILES string of the molecule is CN(CN1C(=O)c2cccc3cccc1c23)C1CCS(=O)(=O)C1. The van der Waals surface area contributed by atoms with E-state index in [2.05, 4.69) is 0 Å². The first-order valence-corrected chi connectivity index (χ1v) is 9.53. The van der Waals surface area contributed by atoms with Gasteiger partial charge in [-0.1, -0.05) is 24.3 Å². The molecule has 1 fully saturated rings. The van der Waals surface area contributed by atoms with Crippen LogP contribution in [0.25, 0.3) is 10.8 Å². The average Bonchev–Trinajstić information content (AvgIpc) is 3.02. The summed E-state index contributed by atoms with van der Waals surface area (Å²) in [7, 11) is -1.04. The summed E-state index contributed by atoms with van der Waals surface area (Å²) in [5, 5.41) is 2.05. The van der Waals surface area contributed by atoms with Crippen LogP contribution in [0, 0.1) is 0 Å². The number of hydrogen-bond donors (Lipinski definition) is 0. The van der Waals surface area contributed by atoms with Crippen LogP contribution < -0.4 is 4.90 Å². The molecule has 2 aliphatic rings. The van der Waals surface area contributed by atoms with E-state index in [1.807, 2.05) is 48.3 Å². The molecule has 1 amide bonds. The summed E-state index contributed by atoms with van der Waals surface area (Å²) in [6, 6.07) is 11.7. The Kier molecular flexibility index (Phi) is 3.21. The Labute approximate surface area is 135 Å². The predicted molar refractivity (Wildman–Crippen MR) is 90.4 cm³/mol. The second kappa shape index (κ2) is 5.04. The molecule has 0 bridgehead atoms. The van der Waals surface area contributed by atoms with Crippen LogP contribution in [0.2, 0.25) is 0 Å². The highest BCUT2D eigenvalue weighted by Gasteiger charge is 2.34. The normalized spacial score (nSPS) is 22.4. The molecule has 6 heteroatoms. The lowest BCUT2D eigenvalue weighted by Crippen LogP contribution is -2.43. The molecule has 0 radical (unpaired) electrons. The van der Waals surface area contributed by atoms with Crippen molar-refractivity contribution in [3.05, 3.63) is 42.0 Å². The molecule has 23 heavy (non-hydrogen) atoms. The first-order chi connectivity index (χ1) is 11.0. The van der Waals surface area contributed by atoms with Gasteiger partial charge in [0.25, 0.3) is 5.91 Å². The van der Waals surface area contributed by atoms with Gasteiger partial charge in [-0.25, -0.2) is 8.42 Å². The van der Waals surface area contributed by atoms with Gasteiger partial charge < -0.3 is 0 Å². The minimum absolute atomic E-state index is 0.00972. The van der Waals surface area contributed by atoms with Gasteiger partial charge in [0.15, 0.2) is 9.84 Å². The number of nitrogens with zero attached hydrogens (tertiary/aromatic N) is 2. The smallest absolute Gasteiger partial charge is 0.260 e. The molecule has 2 aliphatic heterocycles. The van der Waals surface area contributed by atoms with E-state index < -0.39 is 9.84 Å². The lowest BCUT2D eigenvalue weighted by Gasteiger charge is -2.29. The van der Waals surface area contributed by atoms with Crippen molar-refractivity contribution < 1.29 is 13.2 Å². The zero-order valence-corrected chi connectivity index (χ0v) is 13.7. The molecule has 2 aromatic carbocycles. The van der Waals surface area contributed by atoms with Crippen molar-refractivity contribution in [1.82, 2.24) is 4.90 Å². The van der Waals surface area contributed by atoms with Crippen molar-refractivity contribution in [3.63, 3.8) is 0 Å². The van der Waals surface area contributed by atoms with Crippen molar-refractivity contribution in [2.45, 2.75) is 12.5 Å². The molecule has 2 aromatic rings. The topological polar surface area (TPSA) is 57.7 Å². The van der Waals surface area contributed by atoms with Crippen LogP contribution in [-0.4, -0.2) is 50.5 Å². The molecule has 0 N–H and O–H groups in total. The largest absolute Gasteiger partial charge is 0.294 e. The molecule has 0 aliphatic carbocycles. The number of benzene rings is 2. The maximum atomic E-state index is 12.7. The van der Waals surface area contributed by atoms with E-state index in [9.17, 15) is 13.2 Å². The third kappa shape index (κ3) is 2.33. The van der Waals surface area contributed by atoms with Crippen LogP contribution >= 0.6 is 0 Å². The summed E-state index contributed by atoms with van der Waals surface area (Å²) >= 11 is 0. The van der Waals surface area contributed by atoms with Crippen LogP contribution in [0.15, 0.2) is 36.4 Å². The van der Waals surface area contributed by atoms with E-state index >= 15 is 0 Å². The Balaban J connectivity index is 1.64. The highest BCUT2D eigenvalue weighted by molar-refractivity contribution is 7.91. The van der Waals surface area contributed by atoms with Crippen LogP contribution in [0.5, 0.6) is 0 Å². The number of anilines is 1. The zero-order valence-electron chi connectivity index (χ0n) is 12.9. The summed E-state index contributed by atoms with van der Waals surface area (Å²) < 4.78 is 23.3. The van der Waals surface area contributed by atoms with Gasteiger partial charge in [-0.3, -0.25) is 14.6 Å². The Morgan fingerprint density at radius 2 is 1.96 bits per heavy atom. The fraction of sp³-hybridized carbons (Fsp3) is 0.353. The molecule has 2 heterocycles. The summed E-state index contributed by atoms with van der Waals surface area (Å²) in [6.07, 6.45) is 0.637. The molecular weight excluding hydrogens is 312 g/mol. The maximum absolute atomic E-state index is 12.7. The lowest BCUT2D eigenvalue weighted by atomic mass is 10.1. The lowest BCUT2D eigenvalue weighted by molar-refractivity contribution is 0.0973. The van der Waals surface area contributed by atoms with Crippen LogP contribution in [0.1, 0.15) is 16.8 Å². The highest BCUT2D eigenvalue weighted by Crippen LogP contribution is 2.37. The van der Waals surface area contributed by atoms with Crippen molar-refractivity contribution in [2.75, 3.05) is 30.1 Å². The number of carbonyl (C=O) groups excluding carboxylic acids is 1. The minimum Gasteiger partial charge on any atom is -0.294 e. The molecule has 0 aromatic heterocycles. The highest BCUT2D eigenvalue weighted by atomic mass is 32.2. The van der Waals surface area contributed by atoms with Crippen molar-refractivity contribution in [1.29, 1.82) is 0 Å². The Bertz CT molecular complexity index is 902. The van der Waals surface area contributed by atoms with Crippen molar-refractivity contribution in [3.8, 4) is 0 Å². The zero-order chi connectivity index (χ0) is 16.2. The van der Waals surface area contributed by atoms with Gasteiger partial charge in [-0.05, 0) is 31.0 Å². The van der Waals surface area contributed by atoms with Gasteiger partial charge in [0.05, 0.1) is 23.9 Å². The second-order valence-electron chi connectivity index (χ2n) is 6.37. The Hall–Kier alpha value is -1.92. The van der Waals surface area contributed by atoms with Crippen molar-refractivity contribution in [2.24, 2.45) is 0 Å². The molecule has 120 valence electrons. The maximum Gasteiger partial charge on any atom is 0.260 e. The minimum atomic E-state index is -2.93. The molecule has 1 unspecified atom stereocenters. The molecule has 4 rings (SSSR count). The molecule has 0 spiro atoms. The van der Waals surface area contributed by atoms with Crippen molar-refractivity contribution >= 4 is 32.2 Å². The van der Waals surface area contributed by atoms with E-state index in [1.165, 1.54) is 0 Å². The van der Waals surface area contributed by atoms with E-state index in [4.69, 9.17) is 0 Å². The number of sulfone groups is 1. The fourth-order valence-electron chi connectivity index (χ4n) is 3.58. The summed E-state index contributed by atoms with van der Waals surface area (Å²) in [4.78, 5) is 16.5. The number of hydrogen-bond acceptors (Lipinski definition) is 4. The molecule has 0 saturated carbocycles. The van der Waals surface area contributed by atoms with E-state index in [1.54, 1.807) is 4.90 Å². The summed E-state index contributed by atoms with van der Waals surface area (Å²) in [5.41, 5.74) is 1.64. The van der Waals surface area contributed by atoms with E-state index in [0.717, 1.165) is 22.0 Å². The van der Waals surface area contributed by atoms with Gasteiger partial charge >= 0.3 is 0 Å². The monoisotopic (exact) mass is 330 g/mol. The average molecular weight is 330 g/mol. The first kappa shape index (κ1) is 14.7. The standard InChI is InChI=1S/C17H18N2O3S/c1-18(13-8-9-23(21,22)10-13)11-19-15-7-3-5-12-4-2-6-14(16(12)15)17(19)20/h2-7,13H,8-11H2,1H3. The van der Waals surface area contributed by atoms with Gasteiger partial charge in [0, 0.05) is 17.0 Å². The Morgan fingerprint density at radius 1 is 1.22 bits per heavy atom. The molecule has 5 nitrogen and oxygen atoms in total. The number of amides is 1. The fourth-order valence-corrected chi connectivity index (χ4v) is 5.39. The van der Waals surface area contributed by atoms with Gasteiger partial charge in [-0.2, -0.15) is 0 Å². The van der Waals surface area contributed by atoms with Gasteiger partial charge in [0.1, 0.15) is 0 Å². The summed E-state index contributed by atoms with van der Waals surface area (Å²) in [5.74, 6) is 0.415. The van der Waals surface area contributed by atoms with E-state index in [0.29, 0.717) is 13.1 Å². The van der Waals surface area contributed by atoms with Gasteiger partial charge in [0.2, 0.25) is 0 Å². The van der Waals surface area contributed by atoms with Crippen LogP contribution in [0.4, 0.5) is 5.69 Å². The van der Waals surface area contributed by atoms with Crippen LogP contribution in [-0.2, 0) is 9.84 Å².